The van der Waals surface area contributed by atoms with Gasteiger partial charge in [-0.1, -0.05) is 30.3 Å². The predicted octanol–water partition coefficient (Wildman–Crippen LogP) is 2.63. The van der Waals surface area contributed by atoms with Crippen LogP contribution in [0.5, 0.6) is 5.75 Å². The van der Waals surface area contributed by atoms with E-state index in [1.807, 2.05) is 61.5 Å². The Bertz CT molecular complexity index is 552. The summed E-state index contributed by atoms with van der Waals surface area (Å²) in [4.78, 5) is 4.49. The van der Waals surface area contributed by atoms with E-state index in [2.05, 4.69) is 10.4 Å². The Labute approximate surface area is 112 Å². The fourth-order valence-corrected chi connectivity index (χ4v) is 1.75. The largest absolute Gasteiger partial charge is 0.493 e. The van der Waals surface area contributed by atoms with Gasteiger partial charge >= 0.3 is 0 Å². The Kier molecular flexibility index (Phi) is 4.53. The summed E-state index contributed by atoms with van der Waals surface area (Å²) in [6.45, 7) is 2.54. The molecule has 0 aromatic heterocycles. The second kappa shape index (κ2) is 6.56. The SMILES string of the molecule is CCOc1ccccc1C(=Nc1ccccc1)NN. The van der Waals surface area contributed by atoms with E-state index in [4.69, 9.17) is 10.6 Å². The topological polar surface area (TPSA) is 59.6 Å². The molecule has 4 heteroatoms. The molecule has 0 spiro atoms. The molecule has 0 atom stereocenters. The lowest BCUT2D eigenvalue weighted by molar-refractivity contribution is 0.339. The molecular weight excluding hydrogens is 238 g/mol. The minimum absolute atomic E-state index is 0.579. The summed E-state index contributed by atoms with van der Waals surface area (Å²) in [5.41, 5.74) is 4.31. The van der Waals surface area contributed by atoms with Crippen molar-refractivity contribution in [2.75, 3.05) is 6.61 Å². The zero-order valence-corrected chi connectivity index (χ0v) is 10.8. The highest BCUT2D eigenvalue weighted by Crippen LogP contribution is 2.20. The molecule has 0 fully saturated rings. The minimum Gasteiger partial charge on any atom is -0.493 e. The Morgan fingerprint density at radius 2 is 1.79 bits per heavy atom. The van der Waals surface area contributed by atoms with E-state index in [1.165, 1.54) is 0 Å². The highest BCUT2D eigenvalue weighted by atomic mass is 16.5. The number of nitrogens with two attached hydrogens (primary N) is 1. The standard InChI is InChI=1S/C15H17N3O/c1-2-19-14-11-7-6-10-13(14)15(18-16)17-12-8-4-3-5-9-12/h3-11H,2,16H2,1H3,(H,17,18). The van der Waals surface area contributed by atoms with Gasteiger partial charge in [-0.2, -0.15) is 0 Å². The molecule has 0 radical (unpaired) electrons. The molecule has 2 aromatic rings. The van der Waals surface area contributed by atoms with Gasteiger partial charge in [-0.3, -0.25) is 0 Å². The van der Waals surface area contributed by atoms with Crippen molar-refractivity contribution in [1.82, 2.24) is 5.43 Å². The van der Waals surface area contributed by atoms with Crippen molar-refractivity contribution in [2.24, 2.45) is 10.8 Å². The molecule has 2 aromatic carbocycles. The quantitative estimate of drug-likeness (QED) is 0.382. The normalized spacial score (nSPS) is 11.2. The van der Waals surface area contributed by atoms with Gasteiger partial charge in [-0.15, -0.1) is 0 Å². The summed E-state index contributed by atoms with van der Waals surface area (Å²) in [5, 5.41) is 0. The molecule has 0 unspecified atom stereocenters. The van der Waals surface area contributed by atoms with Crippen LogP contribution in [-0.2, 0) is 0 Å². The number of hydrogen-bond acceptors (Lipinski definition) is 3. The first-order valence-electron chi connectivity index (χ1n) is 6.17. The summed E-state index contributed by atoms with van der Waals surface area (Å²) >= 11 is 0. The number of rotatable bonds is 4. The maximum Gasteiger partial charge on any atom is 0.151 e. The van der Waals surface area contributed by atoms with Gasteiger partial charge in [-0.05, 0) is 31.2 Å². The molecule has 0 saturated heterocycles. The van der Waals surface area contributed by atoms with E-state index in [1.54, 1.807) is 0 Å². The number of hydrogen-bond donors (Lipinski definition) is 2. The van der Waals surface area contributed by atoms with Crippen molar-refractivity contribution in [3.05, 3.63) is 60.2 Å². The lowest BCUT2D eigenvalue weighted by Gasteiger charge is -2.11. The molecule has 0 aliphatic heterocycles. The number of ether oxygens (including phenoxy) is 1. The van der Waals surface area contributed by atoms with Crippen molar-refractivity contribution in [3.63, 3.8) is 0 Å². The van der Waals surface area contributed by atoms with E-state index in [-0.39, 0.29) is 0 Å². The second-order valence-corrected chi connectivity index (χ2v) is 3.87. The van der Waals surface area contributed by atoms with Crippen LogP contribution < -0.4 is 16.0 Å². The molecule has 0 aliphatic carbocycles. The third kappa shape index (κ3) is 3.33. The number of benzene rings is 2. The summed E-state index contributed by atoms with van der Waals surface area (Å²) in [5.74, 6) is 6.92. The number of amidine groups is 1. The van der Waals surface area contributed by atoms with E-state index in [0.717, 1.165) is 17.0 Å². The number of hydrazine groups is 1. The molecule has 98 valence electrons. The fourth-order valence-electron chi connectivity index (χ4n) is 1.75. The fraction of sp³-hybridized carbons (Fsp3) is 0.133. The van der Waals surface area contributed by atoms with Crippen LogP contribution in [-0.4, -0.2) is 12.4 Å². The molecule has 0 bridgehead atoms. The number of nitrogens with one attached hydrogen (secondary N) is 1. The lowest BCUT2D eigenvalue weighted by atomic mass is 10.2. The first-order valence-corrected chi connectivity index (χ1v) is 6.17. The van der Waals surface area contributed by atoms with Crippen molar-refractivity contribution in [2.45, 2.75) is 6.92 Å². The zero-order chi connectivity index (χ0) is 13.5. The summed E-state index contributed by atoms with van der Waals surface area (Å²) in [7, 11) is 0. The number of aliphatic imine (C=N–C) groups is 1. The third-order valence-corrected chi connectivity index (χ3v) is 2.58. The van der Waals surface area contributed by atoms with Crippen molar-refractivity contribution in [1.29, 1.82) is 0 Å². The average Bonchev–Trinajstić information content (AvgIpc) is 2.47. The molecular formula is C15H17N3O. The van der Waals surface area contributed by atoms with Crippen LogP contribution in [0.1, 0.15) is 12.5 Å². The molecule has 4 nitrogen and oxygen atoms in total. The predicted molar refractivity (Wildman–Crippen MR) is 77.6 cm³/mol. The van der Waals surface area contributed by atoms with Gasteiger partial charge in [0, 0.05) is 0 Å². The monoisotopic (exact) mass is 255 g/mol. The van der Waals surface area contributed by atoms with Crippen LogP contribution in [0, 0.1) is 0 Å². The minimum atomic E-state index is 0.579. The Morgan fingerprint density at radius 1 is 1.11 bits per heavy atom. The maximum atomic E-state index is 5.58. The lowest BCUT2D eigenvalue weighted by Crippen LogP contribution is -2.31. The third-order valence-electron chi connectivity index (χ3n) is 2.58. The first-order chi connectivity index (χ1) is 9.35. The van der Waals surface area contributed by atoms with E-state index in [9.17, 15) is 0 Å². The van der Waals surface area contributed by atoms with Gasteiger partial charge in [-0.25, -0.2) is 10.8 Å². The highest BCUT2D eigenvalue weighted by Gasteiger charge is 2.08. The average molecular weight is 255 g/mol. The summed E-state index contributed by atoms with van der Waals surface area (Å²) in [6.07, 6.45) is 0. The van der Waals surface area contributed by atoms with E-state index >= 15 is 0 Å². The van der Waals surface area contributed by atoms with Crippen LogP contribution in [0.25, 0.3) is 0 Å². The second-order valence-electron chi connectivity index (χ2n) is 3.87. The number of nitrogens with zero attached hydrogens (tertiary/aromatic N) is 1. The van der Waals surface area contributed by atoms with Crippen LogP contribution in [0.4, 0.5) is 5.69 Å². The van der Waals surface area contributed by atoms with Crippen molar-refractivity contribution < 1.29 is 4.74 Å². The molecule has 2 rings (SSSR count). The van der Waals surface area contributed by atoms with E-state index in [0.29, 0.717) is 12.4 Å². The van der Waals surface area contributed by atoms with Gasteiger partial charge in [0.2, 0.25) is 0 Å². The van der Waals surface area contributed by atoms with Crippen molar-refractivity contribution >= 4 is 11.5 Å². The zero-order valence-electron chi connectivity index (χ0n) is 10.8. The Balaban J connectivity index is 2.40. The van der Waals surface area contributed by atoms with Crippen molar-refractivity contribution in [3.8, 4) is 5.75 Å². The maximum absolute atomic E-state index is 5.58. The van der Waals surface area contributed by atoms with Gasteiger partial charge in [0.25, 0.3) is 0 Å². The highest BCUT2D eigenvalue weighted by molar-refractivity contribution is 6.02. The van der Waals surface area contributed by atoms with Crippen LogP contribution in [0.15, 0.2) is 59.6 Å². The smallest absolute Gasteiger partial charge is 0.151 e. The molecule has 3 N–H and O–H groups in total. The summed E-state index contributed by atoms with van der Waals surface area (Å²) in [6, 6.07) is 17.3. The van der Waals surface area contributed by atoms with Crippen LogP contribution in [0.3, 0.4) is 0 Å². The number of para-hydroxylation sites is 2. The van der Waals surface area contributed by atoms with Gasteiger partial charge in [0.15, 0.2) is 5.84 Å². The van der Waals surface area contributed by atoms with E-state index < -0.39 is 0 Å². The molecule has 0 amide bonds. The van der Waals surface area contributed by atoms with Gasteiger partial charge in [0.05, 0.1) is 17.9 Å². The van der Waals surface area contributed by atoms with Gasteiger partial charge in [0.1, 0.15) is 5.75 Å². The van der Waals surface area contributed by atoms with Crippen LogP contribution in [0.2, 0.25) is 0 Å². The molecule has 19 heavy (non-hydrogen) atoms. The summed E-state index contributed by atoms with van der Waals surface area (Å²) < 4.78 is 5.58. The first kappa shape index (κ1) is 13.1. The van der Waals surface area contributed by atoms with Crippen LogP contribution >= 0.6 is 0 Å². The Morgan fingerprint density at radius 3 is 2.47 bits per heavy atom. The molecule has 0 aliphatic rings. The molecule has 0 saturated carbocycles. The molecule has 0 heterocycles. The van der Waals surface area contributed by atoms with Gasteiger partial charge < -0.3 is 10.2 Å². The Hall–Kier alpha value is -2.33.